The summed E-state index contributed by atoms with van der Waals surface area (Å²) in [6.45, 7) is 6.62. The Morgan fingerprint density at radius 1 is 1.70 bits per heavy atom. The summed E-state index contributed by atoms with van der Waals surface area (Å²) < 4.78 is 0. The standard InChI is InChI=1S/C7H15NO.ClH/c1-6-3-8-4-7(6,2)5-9;/h6,8-9H,3-5H2,1-2H3;1H. The summed E-state index contributed by atoms with van der Waals surface area (Å²) in [4.78, 5) is 0. The lowest BCUT2D eigenvalue weighted by Crippen LogP contribution is -2.28. The lowest BCUT2D eigenvalue weighted by Gasteiger charge is -2.24. The van der Waals surface area contributed by atoms with Gasteiger partial charge in [0.1, 0.15) is 0 Å². The molecule has 2 N–H and O–H groups in total. The Morgan fingerprint density at radius 2 is 2.30 bits per heavy atom. The fourth-order valence-electron chi connectivity index (χ4n) is 1.21. The largest absolute Gasteiger partial charge is 0.396 e. The Kier molecular flexibility index (Phi) is 3.63. The van der Waals surface area contributed by atoms with Crippen LogP contribution < -0.4 is 5.32 Å². The molecule has 1 aliphatic rings. The Bertz CT molecular complexity index is 110. The highest BCUT2D eigenvalue weighted by molar-refractivity contribution is 5.85. The first-order valence-electron chi connectivity index (χ1n) is 3.50. The van der Waals surface area contributed by atoms with Gasteiger partial charge in [-0.2, -0.15) is 0 Å². The van der Waals surface area contributed by atoms with E-state index in [0.717, 1.165) is 13.1 Å². The molecular formula is C7H16ClNO. The number of aliphatic hydroxyl groups is 1. The first kappa shape index (κ1) is 10.2. The third kappa shape index (κ3) is 1.62. The van der Waals surface area contributed by atoms with Crippen molar-refractivity contribution in [2.45, 2.75) is 13.8 Å². The van der Waals surface area contributed by atoms with Crippen molar-refractivity contribution in [2.75, 3.05) is 19.7 Å². The van der Waals surface area contributed by atoms with Crippen LogP contribution in [0, 0.1) is 11.3 Å². The number of hydrogen-bond acceptors (Lipinski definition) is 2. The Hall–Kier alpha value is 0.210. The van der Waals surface area contributed by atoms with Crippen molar-refractivity contribution in [2.24, 2.45) is 11.3 Å². The molecule has 1 fully saturated rings. The summed E-state index contributed by atoms with van der Waals surface area (Å²) in [5.41, 5.74) is 0.139. The Balaban J connectivity index is 0.000000810. The molecule has 0 aromatic carbocycles. The van der Waals surface area contributed by atoms with Crippen molar-refractivity contribution in [3.63, 3.8) is 0 Å². The number of nitrogens with one attached hydrogen (secondary N) is 1. The predicted octanol–water partition coefficient (Wildman–Crippen LogP) is 0.646. The van der Waals surface area contributed by atoms with Crippen LogP contribution in [0.5, 0.6) is 0 Å². The minimum absolute atomic E-state index is 0. The average Bonchev–Trinajstić information content (AvgIpc) is 2.15. The third-order valence-corrected chi connectivity index (χ3v) is 2.53. The van der Waals surface area contributed by atoms with Gasteiger partial charge in [0.2, 0.25) is 0 Å². The summed E-state index contributed by atoms with van der Waals surface area (Å²) >= 11 is 0. The number of hydrogen-bond donors (Lipinski definition) is 2. The zero-order chi connectivity index (χ0) is 6.91. The molecule has 2 atom stereocenters. The van der Waals surface area contributed by atoms with Gasteiger partial charge in [-0.15, -0.1) is 12.4 Å². The molecule has 1 aliphatic heterocycles. The minimum Gasteiger partial charge on any atom is -0.396 e. The molecule has 10 heavy (non-hydrogen) atoms. The maximum Gasteiger partial charge on any atom is 0.0499 e. The highest BCUT2D eigenvalue weighted by Gasteiger charge is 2.34. The molecule has 1 saturated heterocycles. The molecule has 0 bridgehead atoms. The fraction of sp³-hybridized carbons (Fsp3) is 1.00. The molecule has 0 spiro atoms. The van der Waals surface area contributed by atoms with Crippen LogP contribution in [0.2, 0.25) is 0 Å². The zero-order valence-electron chi connectivity index (χ0n) is 6.55. The smallest absolute Gasteiger partial charge is 0.0499 e. The Labute approximate surface area is 68.4 Å². The quantitative estimate of drug-likeness (QED) is 0.598. The fourth-order valence-corrected chi connectivity index (χ4v) is 1.21. The van der Waals surface area contributed by atoms with Gasteiger partial charge in [0.05, 0.1) is 0 Å². The molecule has 0 saturated carbocycles. The van der Waals surface area contributed by atoms with Gasteiger partial charge >= 0.3 is 0 Å². The van der Waals surface area contributed by atoms with E-state index in [4.69, 9.17) is 5.11 Å². The molecule has 62 valence electrons. The van der Waals surface area contributed by atoms with Crippen molar-refractivity contribution < 1.29 is 5.11 Å². The summed E-state index contributed by atoms with van der Waals surface area (Å²) in [5.74, 6) is 0.613. The molecule has 0 aromatic heterocycles. The van der Waals surface area contributed by atoms with Crippen molar-refractivity contribution in [1.29, 1.82) is 0 Å². The summed E-state index contributed by atoms with van der Waals surface area (Å²) in [7, 11) is 0. The van der Waals surface area contributed by atoms with Crippen molar-refractivity contribution in [1.82, 2.24) is 5.32 Å². The monoisotopic (exact) mass is 165 g/mol. The SMILES string of the molecule is CC1CNCC1(C)CO.Cl. The molecule has 0 aromatic rings. The third-order valence-electron chi connectivity index (χ3n) is 2.53. The summed E-state index contributed by atoms with van der Waals surface area (Å²) in [6, 6.07) is 0. The molecule has 1 rings (SSSR count). The average molecular weight is 166 g/mol. The number of aliphatic hydroxyl groups excluding tert-OH is 1. The lowest BCUT2D eigenvalue weighted by molar-refractivity contribution is 0.124. The maximum atomic E-state index is 8.96. The van der Waals surface area contributed by atoms with E-state index in [1.807, 2.05) is 0 Å². The Morgan fingerprint density at radius 3 is 2.50 bits per heavy atom. The van der Waals surface area contributed by atoms with Gasteiger partial charge in [0, 0.05) is 18.6 Å². The molecule has 0 radical (unpaired) electrons. The van der Waals surface area contributed by atoms with Crippen LogP contribution in [-0.4, -0.2) is 24.8 Å². The van der Waals surface area contributed by atoms with Crippen LogP contribution in [0.1, 0.15) is 13.8 Å². The summed E-state index contributed by atoms with van der Waals surface area (Å²) in [5, 5.41) is 12.2. The topological polar surface area (TPSA) is 32.3 Å². The second-order valence-electron chi connectivity index (χ2n) is 3.34. The highest BCUT2D eigenvalue weighted by atomic mass is 35.5. The molecule has 3 heteroatoms. The van der Waals surface area contributed by atoms with Gasteiger partial charge in [0.25, 0.3) is 0 Å². The van der Waals surface area contributed by atoms with Crippen molar-refractivity contribution >= 4 is 12.4 Å². The normalized spacial score (nSPS) is 39.3. The van der Waals surface area contributed by atoms with Crippen LogP contribution in [0.15, 0.2) is 0 Å². The van der Waals surface area contributed by atoms with Gasteiger partial charge in [0.15, 0.2) is 0 Å². The second kappa shape index (κ2) is 3.56. The van der Waals surface area contributed by atoms with Gasteiger partial charge in [-0.05, 0) is 12.5 Å². The molecular weight excluding hydrogens is 150 g/mol. The van der Waals surface area contributed by atoms with E-state index in [1.165, 1.54) is 0 Å². The van der Waals surface area contributed by atoms with E-state index in [9.17, 15) is 0 Å². The van der Waals surface area contributed by atoms with E-state index >= 15 is 0 Å². The van der Waals surface area contributed by atoms with Crippen LogP contribution in [-0.2, 0) is 0 Å². The summed E-state index contributed by atoms with van der Waals surface area (Å²) in [6.07, 6.45) is 0. The van der Waals surface area contributed by atoms with Crippen molar-refractivity contribution in [3.05, 3.63) is 0 Å². The van der Waals surface area contributed by atoms with Gasteiger partial charge in [-0.3, -0.25) is 0 Å². The van der Waals surface area contributed by atoms with Crippen LogP contribution in [0.25, 0.3) is 0 Å². The van der Waals surface area contributed by atoms with Crippen LogP contribution in [0.3, 0.4) is 0 Å². The highest BCUT2D eigenvalue weighted by Crippen LogP contribution is 2.29. The van der Waals surface area contributed by atoms with E-state index in [-0.39, 0.29) is 17.8 Å². The van der Waals surface area contributed by atoms with E-state index in [1.54, 1.807) is 0 Å². The zero-order valence-corrected chi connectivity index (χ0v) is 7.37. The first-order valence-corrected chi connectivity index (χ1v) is 3.50. The molecule has 0 amide bonds. The molecule has 0 aliphatic carbocycles. The van der Waals surface area contributed by atoms with E-state index in [2.05, 4.69) is 19.2 Å². The van der Waals surface area contributed by atoms with E-state index < -0.39 is 0 Å². The second-order valence-corrected chi connectivity index (χ2v) is 3.34. The minimum atomic E-state index is 0. The molecule has 1 heterocycles. The van der Waals surface area contributed by atoms with E-state index in [0.29, 0.717) is 12.5 Å². The first-order chi connectivity index (χ1) is 4.19. The van der Waals surface area contributed by atoms with Crippen LogP contribution >= 0.6 is 12.4 Å². The van der Waals surface area contributed by atoms with Gasteiger partial charge < -0.3 is 10.4 Å². The van der Waals surface area contributed by atoms with Gasteiger partial charge in [-0.25, -0.2) is 0 Å². The lowest BCUT2D eigenvalue weighted by atomic mass is 9.82. The van der Waals surface area contributed by atoms with Crippen molar-refractivity contribution in [3.8, 4) is 0 Å². The number of rotatable bonds is 1. The maximum absolute atomic E-state index is 8.96. The van der Waals surface area contributed by atoms with Crippen LogP contribution in [0.4, 0.5) is 0 Å². The molecule has 2 unspecified atom stereocenters. The molecule has 2 nitrogen and oxygen atoms in total. The number of halogens is 1. The van der Waals surface area contributed by atoms with Gasteiger partial charge in [-0.1, -0.05) is 13.8 Å². The predicted molar refractivity (Wildman–Crippen MR) is 44.5 cm³/mol.